The van der Waals surface area contributed by atoms with Gasteiger partial charge in [0.25, 0.3) is 0 Å². The van der Waals surface area contributed by atoms with Crippen molar-refractivity contribution in [2.45, 2.75) is 26.4 Å². The maximum absolute atomic E-state index is 5.88. The Balaban J connectivity index is 1.93. The highest BCUT2D eigenvalue weighted by molar-refractivity contribution is 7.10. The minimum absolute atomic E-state index is 0.615. The molecule has 2 aromatic rings. The van der Waals surface area contributed by atoms with E-state index in [1.54, 1.807) is 4.88 Å². The van der Waals surface area contributed by atoms with Crippen LogP contribution in [0.4, 0.5) is 5.69 Å². The van der Waals surface area contributed by atoms with Gasteiger partial charge < -0.3 is 10.6 Å². The average molecular weight is 258 g/mol. The number of rotatable bonds is 2. The minimum Gasteiger partial charge on any atom is -0.367 e. The highest BCUT2D eigenvalue weighted by Gasteiger charge is 2.19. The molecule has 94 valence electrons. The number of thiophene rings is 1. The van der Waals surface area contributed by atoms with Crippen LogP contribution in [0.1, 0.15) is 21.6 Å². The van der Waals surface area contributed by atoms with E-state index in [0.29, 0.717) is 6.54 Å². The van der Waals surface area contributed by atoms with Crippen molar-refractivity contribution < 1.29 is 0 Å². The first kappa shape index (κ1) is 11.8. The van der Waals surface area contributed by atoms with Crippen LogP contribution in [0.2, 0.25) is 0 Å². The van der Waals surface area contributed by atoms with Crippen molar-refractivity contribution in [3.8, 4) is 0 Å². The lowest BCUT2D eigenvalue weighted by molar-refractivity contribution is 0.738. The van der Waals surface area contributed by atoms with Gasteiger partial charge in [0.2, 0.25) is 0 Å². The van der Waals surface area contributed by atoms with Gasteiger partial charge in [0.05, 0.1) is 0 Å². The van der Waals surface area contributed by atoms with Crippen molar-refractivity contribution in [2.24, 2.45) is 5.73 Å². The molecule has 18 heavy (non-hydrogen) atoms. The first-order valence-electron chi connectivity index (χ1n) is 6.37. The normalized spacial score (nSPS) is 14.7. The van der Waals surface area contributed by atoms with Crippen LogP contribution in [-0.4, -0.2) is 6.54 Å². The SMILES string of the molecule is Cc1ccc(N2CCc3sccc3C2)c(CN)c1. The maximum atomic E-state index is 5.88. The number of fused-ring (bicyclic) bond motifs is 1. The van der Waals surface area contributed by atoms with Gasteiger partial charge in [-0.3, -0.25) is 0 Å². The van der Waals surface area contributed by atoms with Crippen LogP contribution < -0.4 is 10.6 Å². The predicted molar refractivity (Wildman–Crippen MR) is 78.1 cm³/mol. The quantitative estimate of drug-likeness (QED) is 0.897. The van der Waals surface area contributed by atoms with Crippen LogP contribution in [0.5, 0.6) is 0 Å². The molecule has 3 rings (SSSR count). The van der Waals surface area contributed by atoms with E-state index in [9.17, 15) is 0 Å². The van der Waals surface area contributed by atoms with Crippen LogP contribution in [0.3, 0.4) is 0 Å². The van der Waals surface area contributed by atoms with Crippen LogP contribution in [-0.2, 0) is 19.5 Å². The van der Waals surface area contributed by atoms with Crippen molar-refractivity contribution in [2.75, 3.05) is 11.4 Å². The van der Waals surface area contributed by atoms with Crippen molar-refractivity contribution in [3.05, 3.63) is 51.2 Å². The number of anilines is 1. The summed E-state index contributed by atoms with van der Waals surface area (Å²) in [5, 5.41) is 2.20. The van der Waals surface area contributed by atoms with Crippen molar-refractivity contribution in [3.63, 3.8) is 0 Å². The molecule has 1 aromatic carbocycles. The summed E-state index contributed by atoms with van der Waals surface area (Å²) in [5.41, 5.74) is 11.2. The van der Waals surface area contributed by atoms with Crippen molar-refractivity contribution in [1.29, 1.82) is 0 Å². The van der Waals surface area contributed by atoms with Gasteiger partial charge in [0, 0.05) is 30.2 Å². The average Bonchev–Trinajstić information content (AvgIpc) is 2.85. The van der Waals surface area contributed by atoms with Gasteiger partial charge in [-0.1, -0.05) is 17.7 Å². The van der Waals surface area contributed by atoms with E-state index in [-0.39, 0.29) is 0 Å². The molecule has 0 saturated heterocycles. The molecular weight excluding hydrogens is 240 g/mol. The number of nitrogens with two attached hydrogens (primary N) is 1. The molecule has 0 aliphatic carbocycles. The molecule has 0 spiro atoms. The van der Waals surface area contributed by atoms with E-state index < -0.39 is 0 Å². The Morgan fingerprint density at radius 2 is 2.22 bits per heavy atom. The van der Waals surface area contributed by atoms with Gasteiger partial charge in [-0.05, 0) is 42.0 Å². The second kappa shape index (κ2) is 4.75. The number of nitrogens with zero attached hydrogens (tertiary/aromatic N) is 1. The summed E-state index contributed by atoms with van der Waals surface area (Å²) in [4.78, 5) is 4.00. The Labute approximate surface area is 112 Å². The molecule has 1 aromatic heterocycles. The first-order valence-corrected chi connectivity index (χ1v) is 7.25. The maximum Gasteiger partial charge on any atom is 0.0440 e. The fourth-order valence-electron chi connectivity index (χ4n) is 2.64. The summed E-state index contributed by atoms with van der Waals surface area (Å²) in [6, 6.07) is 8.85. The molecule has 1 aliphatic heterocycles. The lowest BCUT2D eigenvalue weighted by Crippen LogP contribution is -2.30. The number of aryl methyl sites for hydroxylation is 1. The Bertz CT molecular complexity index is 559. The predicted octanol–water partition coefficient (Wildman–Crippen LogP) is 3.08. The van der Waals surface area contributed by atoms with Gasteiger partial charge in [-0.2, -0.15) is 0 Å². The fraction of sp³-hybridized carbons (Fsp3) is 0.333. The largest absolute Gasteiger partial charge is 0.367 e. The summed E-state index contributed by atoms with van der Waals surface area (Å²) >= 11 is 1.88. The van der Waals surface area contributed by atoms with E-state index >= 15 is 0 Å². The summed E-state index contributed by atoms with van der Waals surface area (Å²) < 4.78 is 0. The second-order valence-electron chi connectivity index (χ2n) is 4.88. The molecule has 2 heterocycles. The summed E-state index contributed by atoms with van der Waals surface area (Å²) in [6.07, 6.45) is 1.16. The molecule has 2 N–H and O–H groups in total. The van der Waals surface area contributed by atoms with Gasteiger partial charge in [-0.15, -0.1) is 11.3 Å². The minimum atomic E-state index is 0.615. The zero-order valence-corrected chi connectivity index (χ0v) is 11.5. The monoisotopic (exact) mass is 258 g/mol. The molecule has 0 unspecified atom stereocenters. The third-order valence-corrected chi connectivity index (χ3v) is 4.63. The highest BCUT2D eigenvalue weighted by Crippen LogP contribution is 2.30. The van der Waals surface area contributed by atoms with Crippen LogP contribution in [0.15, 0.2) is 29.6 Å². The second-order valence-corrected chi connectivity index (χ2v) is 5.88. The van der Waals surface area contributed by atoms with Crippen LogP contribution >= 0.6 is 11.3 Å². The smallest absolute Gasteiger partial charge is 0.0440 e. The molecule has 3 heteroatoms. The van der Waals surface area contributed by atoms with Crippen molar-refractivity contribution >= 4 is 17.0 Å². The highest BCUT2D eigenvalue weighted by atomic mass is 32.1. The van der Waals surface area contributed by atoms with E-state index in [2.05, 4.69) is 41.5 Å². The van der Waals surface area contributed by atoms with Crippen LogP contribution in [0.25, 0.3) is 0 Å². The van der Waals surface area contributed by atoms with Crippen molar-refractivity contribution in [1.82, 2.24) is 0 Å². The van der Waals surface area contributed by atoms with Gasteiger partial charge in [-0.25, -0.2) is 0 Å². The van der Waals surface area contributed by atoms with Crippen LogP contribution in [0, 0.1) is 6.92 Å². The van der Waals surface area contributed by atoms with E-state index in [1.807, 2.05) is 11.3 Å². The third kappa shape index (κ3) is 2.04. The summed E-state index contributed by atoms with van der Waals surface area (Å²) in [6.45, 7) is 4.86. The topological polar surface area (TPSA) is 29.3 Å². The zero-order chi connectivity index (χ0) is 12.5. The van der Waals surface area contributed by atoms with Gasteiger partial charge in [0.1, 0.15) is 0 Å². The van der Waals surface area contributed by atoms with Gasteiger partial charge >= 0.3 is 0 Å². The van der Waals surface area contributed by atoms with E-state index in [0.717, 1.165) is 19.5 Å². The lowest BCUT2D eigenvalue weighted by Gasteiger charge is -2.30. The van der Waals surface area contributed by atoms with E-state index in [4.69, 9.17) is 5.73 Å². The summed E-state index contributed by atoms with van der Waals surface area (Å²) in [7, 11) is 0. The van der Waals surface area contributed by atoms with Gasteiger partial charge in [0.15, 0.2) is 0 Å². The summed E-state index contributed by atoms with van der Waals surface area (Å²) in [5.74, 6) is 0. The molecule has 1 aliphatic rings. The lowest BCUT2D eigenvalue weighted by atomic mass is 10.0. The Hall–Kier alpha value is -1.32. The number of hydrogen-bond acceptors (Lipinski definition) is 3. The molecule has 0 bridgehead atoms. The molecule has 2 nitrogen and oxygen atoms in total. The fourth-order valence-corrected chi connectivity index (χ4v) is 3.53. The molecular formula is C15H18N2S. The Kier molecular flexibility index (Phi) is 3.10. The standard InChI is InChI=1S/C15H18N2S/c1-11-2-3-14(13(8-11)9-16)17-6-4-15-12(10-17)5-7-18-15/h2-3,5,7-8H,4,6,9-10,16H2,1H3. The first-order chi connectivity index (χ1) is 8.78. The van der Waals surface area contributed by atoms with E-state index in [1.165, 1.54) is 22.4 Å². The Morgan fingerprint density at radius 1 is 1.33 bits per heavy atom. The third-order valence-electron chi connectivity index (χ3n) is 3.60. The molecule has 0 atom stereocenters. The Morgan fingerprint density at radius 3 is 3.06 bits per heavy atom. The zero-order valence-electron chi connectivity index (χ0n) is 10.6. The number of benzene rings is 1. The molecule has 0 fully saturated rings. The molecule has 0 amide bonds. The molecule has 0 radical (unpaired) electrons. The number of hydrogen-bond donors (Lipinski definition) is 1. The molecule has 0 saturated carbocycles.